The molecule has 1 aromatic heterocycles. The number of hydrogen-bond acceptors (Lipinski definition) is 4. The number of aromatic nitrogens is 1. The Morgan fingerprint density at radius 1 is 1.04 bits per heavy atom. The van der Waals surface area contributed by atoms with Crippen molar-refractivity contribution in [1.29, 1.82) is 0 Å². The Hall–Kier alpha value is -2.73. The van der Waals surface area contributed by atoms with E-state index in [1.165, 1.54) is 12.1 Å². The number of halogens is 2. The van der Waals surface area contributed by atoms with Crippen LogP contribution in [0.15, 0.2) is 71.3 Å². The minimum Gasteiger partial charge on any atom is -0.487 e. The summed E-state index contributed by atoms with van der Waals surface area (Å²) in [6.07, 6.45) is 1.72. The van der Waals surface area contributed by atoms with Gasteiger partial charge in [-0.05, 0) is 64.0 Å². The average molecular weight is 416 g/mol. The third-order valence-electron chi connectivity index (χ3n) is 3.55. The van der Waals surface area contributed by atoms with Crippen molar-refractivity contribution in [2.45, 2.75) is 13.2 Å². The fraction of sp³-hybridized carbons (Fsp3) is 0.100. The predicted octanol–water partition coefficient (Wildman–Crippen LogP) is 4.92. The highest BCUT2D eigenvalue weighted by Crippen LogP contribution is 2.20. The smallest absolute Gasteiger partial charge is 0.339 e. The van der Waals surface area contributed by atoms with Gasteiger partial charge >= 0.3 is 5.97 Å². The van der Waals surface area contributed by atoms with Gasteiger partial charge in [-0.15, -0.1) is 0 Å². The van der Waals surface area contributed by atoms with Gasteiger partial charge in [0.15, 0.2) is 0 Å². The van der Waals surface area contributed by atoms with Crippen LogP contribution in [0.25, 0.3) is 0 Å². The first kappa shape index (κ1) is 18.1. The van der Waals surface area contributed by atoms with Crippen molar-refractivity contribution in [2.24, 2.45) is 0 Å². The summed E-state index contributed by atoms with van der Waals surface area (Å²) in [6, 6.07) is 16.7. The largest absolute Gasteiger partial charge is 0.487 e. The van der Waals surface area contributed by atoms with E-state index in [1.54, 1.807) is 18.3 Å². The van der Waals surface area contributed by atoms with E-state index in [9.17, 15) is 9.18 Å². The molecule has 3 rings (SSSR count). The van der Waals surface area contributed by atoms with Crippen molar-refractivity contribution in [3.63, 3.8) is 0 Å². The first-order chi connectivity index (χ1) is 12.6. The molecule has 0 amide bonds. The van der Waals surface area contributed by atoms with Gasteiger partial charge in [0.25, 0.3) is 0 Å². The Morgan fingerprint density at radius 3 is 2.58 bits per heavy atom. The minimum atomic E-state index is -0.591. The molecule has 0 aliphatic heterocycles. The number of benzene rings is 2. The Bertz CT molecular complexity index is 885. The molecule has 2 aromatic carbocycles. The normalized spacial score (nSPS) is 10.4. The molecule has 0 aliphatic carbocycles. The number of pyridine rings is 1. The zero-order valence-corrected chi connectivity index (χ0v) is 15.3. The second-order valence-corrected chi connectivity index (χ2v) is 6.31. The average Bonchev–Trinajstić information content (AvgIpc) is 2.68. The molecule has 0 fully saturated rings. The van der Waals surface area contributed by atoms with Gasteiger partial charge in [-0.2, -0.15) is 0 Å². The molecule has 0 spiro atoms. The Morgan fingerprint density at radius 2 is 1.85 bits per heavy atom. The van der Waals surface area contributed by atoms with Gasteiger partial charge in [0.2, 0.25) is 0 Å². The lowest BCUT2D eigenvalue weighted by Gasteiger charge is -2.08. The molecule has 4 nitrogen and oxygen atoms in total. The Labute approximate surface area is 158 Å². The summed E-state index contributed by atoms with van der Waals surface area (Å²) in [5.74, 6) is -0.389. The van der Waals surface area contributed by atoms with E-state index in [2.05, 4.69) is 20.9 Å². The van der Waals surface area contributed by atoms with Crippen LogP contribution in [0.1, 0.15) is 21.6 Å². The maximum absolute atomic E-state index is 13.3. The van der Waals surface area contributed by atoms with E-state index in [0.717, 1.165) is 17.3 Å². The molecule has 26 heavy (non-hydrogen) atoms. The summed E-state index contributed by atoms with van der Waals surface area (Å²) in [7, 11) is 0. The minimum absolute atomic E-state index is 0.0856. The summed E-state index contributed by atoms with van der Waals surface area (Å²) in [5, 5.41) is 0. The van der Waals surface area contributed by atoms with E-state index >= 15 is 0 Å². The first-order valence-electron chi connectivity index (χ1n) is 7.85. The highest BCUT2D eigenvalue weighted by Gasteiger charge is 2.13. The fourth-order valence-electron chi connectivity index (χ4n) is 2.20. The predicted molar refractivity (Wildman–Crippen MR) is 98.2 cm³/mol. The van der Waals surface area contributed by atoms with Crippen LogP contribution < -0.4 is 4.74 Å². The van der Waals surface area contributed by atoms with Crippen LogP contribution in [0.5, 0.6) is 5.75 Å². The number of ether oxygens (including phenoxy) is 2. The highest BCUT2D eigenvalue weighted by atomic mass is 79.9. The van der Waals surface area contributed by atoms with Crippen LogP contribution in [0.2, 0.25) is 0 Å². The summed E-state index contributed by atoms with van der Waals surface area (Å²) < 4.78 is 24.6. The summed E-state index contributed by atoms with van der Waals surface area (Å²) in [6.45, 7) is 0.463. The molecule has 0 aliphatic rings. The molecule has 132 valence electrons. The topological polar surface area (TPSA) is 48.4 Å². The molecule has 0 saturated heterocycles. The molecular weight excluding hydrogens is 401 g/mol. The van der Waals surface area contributed by atoms with Crippen LogP contribution in [0.4, 0.5) is 4.39 Å². The summed E-state index contributed by atoms with van der Waals surface area (Å²) in [5.41, 5.74) is 1.79. The maximum atomic E-state index is 13.3. The third-order valence-corrected chi connectivity index (χ3v) is 4.25. The van der Waals surface area contributed by atoms with Gasteiger partial charge in [0.1, 0.15) is 24.8 Å². The van der Waals surface area contributed by atoms with Crippen LogP contribution >= 0.6 is 15.9 Å². The Balaban J connectivity index is 1.54. The van der Waals surface area contributed by atoms with E-state index in [-0.39, 0.29) is 12.2 Å². The fourth-order valence-corrected chi connectivity index (χ4v) is 2.61. The second kappa shape index (κ2) is 8.58. The third kappa shape index (κ3) is 4.89. The van der Waals surface area contributed by atoms with Crippen LogP contribution in [-0.4, -0.2) is 11.0 Å². The molecule has 0 N–H and O–H groups in total. The Kier molecular flexibility index (Phi) is 5.96. The number of nitrogens with zero attached hydrogens (tertiary/aromatic N) is 1. The molecule has 6 heteroatoms. The number of carbonyl (C=O) groups is 1. The van der Waals surface area contributed by atoms with Gasteiger partial charge in [0, 0.05) is 10.7 Å². The molecule has 0 atom stereocenters. The number of hydrogen-bond donors (Lipinski definition) is 0. The zero-order valence-electron chi connectivity index (χ0n) is 13.7. The van der Waals surface area contributed by atoms with Crippen molar-refractivity contribution in [1.82, 2.24) is 4.98 Å². The van der Waals surface area contributed by atoms with Crippen molar-refractivity contribution < 1.29 is 18.7 Å². The van der Waals surface area contributed by atoms with E-state index < -0.39 is 11.8 Å². The number of esters is 1. The summed E-state index contributed by atoms with van der Waals surface area (Å²) in [4.78, 5) is 16.3. The molecular formula is C20H15BrFNO3. The molecule has 0 unspecified atom stereocenters. The number of carbonyl (C=O) groups excluding carboxylic acids is 1. The van der Waals surface area contributed by atoms with Gasteiger partial charge in [-0.25, -0.2) is 9.18 Å². The maximum Gasteiger partial charge on any atom is 0.339 e. The highest BCUT2D eigenvalue weighted by molar-refractivity contribution is 9.10. The van der Waals surface area contributed by atoms with Gasteiger partial charge < -0.3 is 9.47 Å². The molecule has 0 saturated carbocycles. The van der Waals surface area contributed by atoms with Gasteiger partial charge in [-0.1, -0.05) is 18.2 Å². The molecule has 0 bridgehead atoms. The monoisotopic (exact) mass is 415 g/mol. The van der Waals surface area contributed by atoms with Crippen LogP contribution in [0, 0.1) is 5.82 Å². The lowest BCUT2D eigenvalue weighted by atomic mass is 10.2. The molecule has 3 aromatic rings. The summed E-state index contributed by atoms with van der Waals surface area (Å²) >= 11 is 3.21. The SMILES string of the molecule is O=C(OCc1ccc(OCc2ccccn2)cc1)c1cc(F)ccc1Br. The number of rotatable bonds is 6. The standard InChI is InChI=1S/C20H15BrFNO3/c21-19-9-6-15(22)11-18(19)20(24)26-12-14-4-7-17(8-5-14)25-13-16-3-1-2-10-23-16/h1-11H,12-13H2. The zero-order chi connectivity index (χ0) is 18.4. The molecule has 1 heterocycles. The van der Waals surface area contributed by atoms with E-state index in [0.29, 0.717) is 16.8 Å². The molecule has 0 radical (unpaired) electrons. The van der Waals surface area contributed by atoms with Crippen LogP contribution in [0.3, 0.4) is 0 Å². The van der Waals surface area contributed by atoms with Crippen molar-refractivity contribution >= 4 is 21.9 Å². The van der Waals surface area contributed by atoms with Crippen molar-refractivity contribution in [3.8, 4) is 5.75 Å². The van der Waals surface area contributed by atoms with Crippen LogP contribution in [-0.2, 0) is 18.0 Å². The second-order valence-electron chi connectivity index (χ2n) is 5.45. The first-order valence-corrected chi connectivity index (χ1v) is 8.65. The lowest BCUT2D eigenvalue weighted by molar-refractivity contribution is 0.0471. The van der Waals surface area contributed by atoms with Crippen molar-refractivity contribution in [2.75, 3.05) is 0 Å². The van der Waals surface area contributed by atoms with Gasteiger partial charge in [-0.3, -0.25) is 4.98 Å². The van der Waals surface area contributed by atoms with Crippen molar-refractivity contribution in [3.05, 3.63) is 94.0 Å². The lowest BCUT2D eigenvalue weighted by Crippen LogP contribution is -2.06. The van der Waals surface area contributed by atoms with E-state index in [1.807, 2.05) is 30.3 Å². The van der Waals surface area contributed by atoms with Gasteiger partial charge in [0.05, 0.1) is 11.3 Å². The quantitative estimate of drug-likeness (QED) is 0.536. The van der Waals surface area contributed by atoms with E-state index in [4.69, 9.17) is 9.47 Å².